The number of benzene rings is 1. The lowest BCUT2D eigenvalue weighted by Crippen LogP contribution is -2.02. The summed E-state index contributed by atoms with van der Waals surface area (Å²) in [6, 6.07) is 4.79. The molecule has 0 saturated heterocycles. The minimum Gasteiger partial charge on any atom is -0.433 e. The molecule has 0 bridgehead atoms. The summed E-state index contributed by atoms with van der Waals surface area (Å²) >= 11 is 5.69. The normalized spacial score (nSPS) is 10.5. The molecular weight excluding hydrogens is 198 g/mol. The summed E-state index contributed by atoms with van der Waals surface area (Å²) in [6.45, 7) is -0.871. The second kappa shape index (κ2) is 4.42. The number of halogens is 3. The number of rotatable bonds is 3. The zero-order valence-electron chi connectivity index (χ0n) is 7.06. The lowest BCUT2D eigenvalue weighted by Gasteiger charge is -2.07. The Morgan fingerprint density at radius 2 is 2.15 bits per heavy atom. The van der Waals surface area contributed by atoms with Crippen molar-refractivity contribution in [1.29, 1.82) is 0 Å². The van der Waals surface area contributed by atoms with Crippen LogP contribution in [0.4, 0.5) is 8.78 Å². The summed E-state index contributed by atoms with van der Waals surface area (Å²) in [4.78, 5) is 0. The van der Waals surface area contributed by atoms with Gasteiger partial charge in [0.15, 0.2) is 0 Å². The molecule has 1 nitrogen and oxygen atoms in total. The van der Waals surface area contributed by atoms with Gasteiger partial charge in [0.2, 0.25) is 0 Å². The lowest BCUT2D eigenvalue weighted by atomic mass is 10.2. The minimum atomic E-state index is -2.83. The van der Waals surface area contributed by atoms with Crippen LogP contribution in [-0.2, 0) is 6.42 Å². The topological polar surface area (TPSA) is 9.23 Å². The van der Waals surface area contributed by atoms with Crippen molar-refractivity contribution in [3.63, 3.8) is 0 Å². The highest BCUT2D eigenvalue weighted by atomic mass is 35.5. The first-order valence-corrected chi connectivity index (χ1v) is 4.24. The zero-order valence-corrected chi connectivity index (χ0v) is 7.81. The average Bonchev–Trinajstić information content (AvgIpc) is 2.08. The van der Waals surface area contributed by atoms with Crippen molar-refractivity contribution < 1.29 is 13.5 Å². The molecule has 1 aromatic rings. The Balaban J connectivity index is 2.85. The van der Waals surface area contributed by atoms with E-state index in [4.69, 9.17) is 11.6 Å². The van der Waals surface area contributed by atoms with E-state index in [1.807, 2.05) is 6.92 Å². The van der Waals surface area contributed by atoms with E-state index in [9.17, 15) is 8.78 Å². The Hall–Kier alpha value is -0.830. The van der Waals surface area contributed by atoms with E-state index in [2.05, 4.69) is 4.74 Å². The van der Waals surface area contributed by atoms with Crippen molar-refractivity contribution in [2.24, 2.45) is 0 Å². The third-order valence-corrected chi connectivity index (χ3v) is 1.92. The van der Waals surface area contributed by atoms with Gasteiger partial charge in [-0.1, -0.05) is 24.6 Å². The zero-order chi connectivity index (χ0) is 9.84. The summed E-state index contributed by atoms with van der Waals surface area (Å²) in [6.07, 6.45) is 0.814. The molecule has 0 aliphatic heterocycles. The molecule has 13 heavy (non-hydrogen) atoms. The standard InChI is InChI=1S/C9H9ClF2O/c1-2-6-3-4-8(7(10)5-6)13-9(11)12/h3-5,9H,2H2,1H3. The van der Waals surface area contributed by atoms with Gasteiger partial charge in [-0.15, -0.1) is 0 Å². The van der Waals surface area contributed by atoms with Crippen molar-refractivity contribution in [3.8, 4) is 5.75 Å². The molecule has 0 atom stereocenters. The molecule has 0 saturated carbocycles. The summed E-state index contributed by atoms with van der Waals surface area (Å²) < 4.78 is 27.8. The van der Waals surface area contributed by atoms with Crippen LogP contribution in [0.2, 0.25) is 5.02 Å². The summed E-state index contributed by atoms with van der Waals surface area (Å²) in [7, 11) is 0. The first kappa shape index (κ1) is 10.3. The number of alkyl halides is 2. The molecule has 1 rings (SSSR count). The Morgan fingerprint density at radius 1 is 1.46 bits per heavy atom. The molecule has 0 amide bonds. The first-order valence-electron chi connectivity index (χ1n) is 3.86. The summed E-state index contributed by atoms with van der Waals surface area (Å²) in [5.74, 6) is 0.0221. The van der Waals surface area contributed by atoms with Crippen molar-refractivity contribution in [1.82, 2.24) is 0 Å². The second-order valence-electron chi connectivity index (χ2n) is 2.50. The molecule has 72 valence electrons. The number of hydrogen-bond donors (Lipinski definition) is 0. The van der Waals surface area contributed by atoms with Crippen LogP contribution in [0.3, 0.4) is 0 Å². The van der Waals surface area contributed by atoms with Gasteiger partial charge >= 0.3 is 6.61 Å². The van der Waals surface area contributed by atoms with E-state index in [-0.39, 0.29) is 10.8 Å². The van der Waals surface area contributed by atoms with Crippen LogP contribution in [0.15, 0.2) is 18.2 Å². The van der Waals surface area contributed by atoms with Gasteiger partial charge < -0.3 is 4.74 Å². The average molecular weight is 207 g/mol. The largest absolute Gasteiger partial charge is 0.433 e. The van der Waals surface area contributed by atoms with Crippen molar-refractivity contribution in [2.75, 3.05) is 0 Å². The molecule has 0 spiro atoms. The van der Waals surface area contributed by atoms with Crippen molar-refractivity contribution >= 4 is 11.6 Å². The van der Waals surface area contributed by atoms with Gasteiger partial charge in [-0.3, -0.25) is 0 Å². The Kier molecular flexibility index (Phi) is 3.48. The highest BCUT2D eigenvalue weighted by Crippen LogP contribution is 2.26. The smallest absolute Gasteiger partial charge is 0.387 e. The van der Waals surface area contributed by atoms with Crippen LogP contribution in [0.5, 0.6) is 5.75 Å². The van der Waals surface area contributed by atoms with Crippen LogP contribution in [0, 0.1) is 0 Å². The number of aryl methyl sites for hydroxylation is 1. The van der Waals surface area contributed by atoms with Crippen molar-refractivity contribution in [2.45, 2.75) is 20.0 Å². The SMILES string of the molecule is CCc1ccc(OC(F)F)c(Cl)c1. The van der Waals surface area contributed by atoms with Gasteiger partial charge in [0.05, 0.1) is 5.02 Å². The quantitative estimate of drug-likeness (QED) is 0.736. The minimum absolute atomic E-state index is 0.0221. The second-order valence-corrected chi connectivity index (χ2v) is 2.90. The maximum absolute atomic E-state index is 11.8. The number of ether oxygens (including phenoxy) is 1. The molecule has 0 unspecified atom stereocenters. The third kappa shape index (κ3) is 2.84. The molecule has 0 aliphatic rings. The van der Waals surface area contributed by atoms with Crippen LogP contribution in [-0.4, -0.2) is 6.61 Å². The third-order valence-electron chi connectivity index (χ3n) is 1.62. The summed E-state index contributed by atoms with van der Waals surface area (Å²) in [5.41, 5.74) is 0.992. The van der Waals surface area contributed by atoms with Gasteiger partial charge in [0.25, 0.3) is 0 Å². The maximum atomic E-state index is 11.8. The van der Waals surface area contributed by atoms with Crippen molar-refractivity contribution in [3.05, 3.63) is 28.8 Å². The first-order chi connectivity index (χ1) is 6.13. The van der Waals surface area contributed by atoms with Gasteiger partial charge in [-0.25, -0.2) is 0 Å². The van der Waals surface area contributed by atoms with Crippen LogP contribution in [0.1, 0.15) is 12.5 Å². The maximum Gasteiger partial charge on any atom is 0.387 e. The molecular formula is C9H9ClF2O. The summed E-state index contributed by atoms with van der Waals surface area (Å²) in [5, 5.41) is 0.222. The predicted molar refractivity (Wildman–Crippen MR) is 47.5 cm³/mol. The molecule has 0 radical (unpaired) electrons. The molecule has 0 aliphatic carbocycles. The Bertz CT molecular complexity index is 289. The molecule has 0 fully saturated rings. The predicted octanol–water partition coefficient (Wildman–Crippen LogP) is 3.50. The van der Waals surface area contributed by atoms with Crippen LogP contribution in [0.25, 0.3) is 0 Å². The van der Waals surface area contributed by atoms with Crippen LogP contribution < -0.4 is 4.74 Å². The van der Waals surface area contributed by atoms with E-state index in [1.165, 1.54) is 6.07 Å². The van der Waals surface area contributed by atoms with Crippen LogP contribution >= 0.6 is 11.6 Å². The molecule has 4 heteroatoms. The fourth-order valence-electron chi connectivity index (χ4n) is 0.956. The number of hydrogen-bond acceptors (Lipinski definition) is 1. The molecule has 0 N–H and O–H groups in total. The molecule has 1 aromatic carbocycles. The lowest BCUT2D eigenvalue weighted by molar-refractivity contribution is -0.0497. The van der Waals surface area contributed by atoms with E-state index in [0.717, 1.165) is 12.0 Å². The molecule has 0 heterocycles. The van der Waals surface area contributed by atoms with E-state index in [1.54, 1.807) is 12.1 Å². The van der Waals surface area contributed by atoms with Gasteiger partial charge in [0.1, 0.15) is 5.75 Å². The fourth-order valence-corrected chi connectivity index (χ4v) is 1.20. The van der Waals surface area contributed by atoms with Gasteiger partial charge in [-0.05, 0) is 24.1 Å². The highest BCUT2D eigenvalue weighted by Gasteiger charge is 2.08. The fraction of sp³-hybridized carbons (Fsp3) is 0.333. The molecule has 0 aromatic heterocycles. The van der Waals surface area contributed by atoms with Gasteiger partial charge in [0, 0.05) is 0 Å². The van der Waals surface area contributed by atoms with E-state index < -0.39 is 6.61 Å². The van der Waals surface area contributed by atoms with E-state index in [0.29, 0.717) is 0 Å². The monoisotopic (exact) mass is 206 g/mol. The Labute approximate surface area is 80.3 Å². The van der Waals surface area contributed by atoms with Gasteiger partial charge in [-0.2, -0.15) is 8.78 Å². The van der Waals surface area contributed by atoms with E-state index >= 15 is 0 Å². The highest BCUT2D eigenvalue weighted by molar-refractivity contribution is 6.32. The Morgan fingerprint density at radius 3 is 2.62 bits per heavy atom.